The van der Waals surface area contributed by atoms with Crippen LogP contribution in [-0.4, -0.2) is 37.6 Å². The summed E-state index contributed by atoms with van der Waals surface area (Å²) in [5.74, 6) is 0.683. The van der Waals surface area contributed by atoms with Crippen molar-refractivity contribution in [1.29, 1.82) is 0 Å². The Labute approximate surface area is 95.2 Å². The molecule has 0 radical (unpaired) electrons. The van der Waals surface area contributed by atoms with Crippen LogP contribution in [0.15, 0.2) is 18.2 Å². The standard InChI is InChI=1S/C12H16N2O2/c1-3-14(2)12(15)9-5-4-6-10-11(9)16-8-7-13-10/h4-6,13H,3,7-8H2,1-2H3. The van der Waals surface area contributed by atoms with Crippen molar-refractivity contribution >= 4 is 11.6 Å². The summed E-state index contributed by atoms with van der Waals surface area (Å²) in [6.45, 7) is 4.03. The fourth-order valence-corrected chi connectivity index (χ4v) is 1.69. The minimum absolute atomic E-state index is 0.00282. The molecule has 2 rings (SSSR count). The molecule has 1 aliphatic heterocycles. The van der Waals surface area contributed by atoms with E-state index in [1.807, 2.05) is 19.1 Å². The van der Waals surface area contributed by atoms with E-state index in [2.05, 4.69) is 5.32 Å². The molecule has 0 unspecified atom stereocenters. The highest BCUT2D eigenvalue weighted by Gasteiger charge is 2.20. The lowest BCUT2D eigenvalue weighted by Crippen LogP contribution is -2.28. The molecule has 1 aromatic rings. The largest absolute Gasteiger partial charge is 0.489 e. The van der Waals surface area contributed by atoms with Crippen LogP contribution in [0.4, 0.5) is 5.69 Å². The molecule has 16 heavy (non-hydrogen) atoms. The summed E-state index contributed by atoms with van der Waals surface area (Å²) in [5.41, 5.74) is 1.54. The molecule has 4 heteroatoms. The molecule has 0 aliphatic carbocycles. The summed E-state index contributed by atoms with van der Waals surface area (Å²) in [4.78, 5) is 13.7. The fourth-order valence-electron chi connectivity index (χ4n) is 1.69. The van der Waals surface area contributed by atoms with Gasteiger partial charge in [0.2, 0.25) is 0 Å². The maximum absolute atomic E-state index is 12.1. The van der Waals surface area contributed by atoms with Crippen LogP contribution in [0.1, 0.15) is 17.3 Å². The molecular formula is C12H16N2O2. The van der Waals surface area contributed by atoms with Crippen molar-refractivity contribution in [1.82, 2.24) is 4.90 Å². The summed E-state index contributed by atoms with van der Waals surface area (Å²) in [7, 11) is 1.79. The fraction of sp³-hybridized carbons (Fsp3) is 0.417. The third kappa shape index (κ3) is 1.83. The SMILES string of the molecule is CCN(C)C(=O)c1cccc2c1OCCN2. The summed E-state index contributed by atoms with van der Waals surface area (Å²) < 4.78 is 5.56. The molecule has 1 heterocycles. The van der Waals surface area contributed by atoms with Gasteiger partial charge in [-0.05, 0) is 19.1 Å². The number of para-hydroxylation sites is 1. The van der Waals surface area contributed by atoms with Gasteiger partial charge in [-0.1, -0.05) is 6.07 Å². The van der Waals surface area contributed by atoms with Crippen LogP contribution in [0.25, 0.3) is 0 Å². The highest BCUT2D eigenvalue weighted by atomic mass is 16.5. The molecule has 0 spiro atoms. The second-order valence-corrected chi connectivity index (χ2v) is 3.78. The third-order valence-electron chi connectivity index (χ3n) is 2.73. The number of hydrogen-bond acceptors (Lipinski definition) is 3. The van der Waals surface area contributed by atoms with Crippen molar-refractivity contribution in [3.63, 3.8) is 0 Å². The predicted octanol–water partition coefficient (Wildman–Crippen LogP) is 1.58. The number of fused-ring (bicyclic) bond motifs is 1. The highest BCUT2D eigenvalue weighted by molar-refractivity contribution is 5.98. The average Bonchev–Trinajstić information content (AvgIpc) is 2.36. The summed E-state index contributed by atoms with van der Waals surface area (Å²) in [6.07, 6.45) is 0. The highest BCUT2D eigenvalue weighted by Crippen LogP contribution is 2.31. The van der Waals surface area contributed by atoms with Gasteiger partial charge in [-0.2, -0.15) is 0 Å². The second-order valence-electron chi connectivity index (χ2n) is 3.78. The molecule has 86 valence electrons. The molecule has 0 fully saturated rings. The first-order valence-corrected chi connectivity index (χ1v) is 5.49. The Bertz CT molecular complexity index is 404. The Morgan fingerprint density at radius 1 is 1.56 bits per heavy atom. The number of ether oxygens (including phenoxy) is 1. The van der Waals surface area contributed by atoms with Gasteiger partial charge in [0, 0.05) is 20.1 Å². The van der Waals surface area contributed by atoms with E-state index in [4.69, 9.17) is 4.74 Å². The summed E-state index contributed by atoms with van der Waals surface area (Å²) >= 11 is 0. The van der Waals surface area contributed by atoms with Crippen LogP contribution in [0.3, 0.4) is 0 Å². The van der Waals surface area contributed by atoms with E-state index < -0.39 is 0 Å². The van der Waals surface area contributed by atoms with Gasteiger partial charge < -0.3 is 15.0 Å². The number of benzene rings is 1. The van der Waals surface area contributed by atoms with E-state index in [9.17, 15) is 4.79 Å². The number of carbonyl (C=O) groups excluding carboxylic acids is 1. The second kappa shape index (κ2) is 4.43. The number of amides is 1. The Morgan fingerprint density at radius 2 is 2.38 bits per heavy atom. The quantitative estimate of drug-likeness (QED) is 0.822. The topological polar surface area (TPSA) is 41.6 Å². The molecule has 0 saturated carbocycles. The van der Waals surface area contributed by atoms with Crippen molar-refractivity contribution in [3.05, 3.63) is 23.8 Å². The molecule has 0 atom stereocenters. The number of hydrogen-bond donors (Lipinski definition) is 1. The summed E-state index contributed by atoms with van der Waals surface area (Å²) in [6, 6.07) is 5.61. The van der Waals surface area contributed by atoms with Crippen LogP contribution in [0.5, 0.6) is 5.75 Å². The summed E-state index contributed by atoms with van der Waals surface area (Å²) in [5, 5.41) is 3.22. The van der Waals surface area contributed by atoms with E-state index in [-0.39, 0.29) is 5.91 Å². The molecule has 0 saturated heterocycles. The molecule has 4 nitrogen and oxygen atoms in total. The lowest BCUT2D eigenvalue weighted by molar-refractivity contribution is 0.0798. The number of rotatable bonds is 2. The van der Waals surface area contributed by atoms with Crippen LogP contribution in [0, 0.1) is 0 Å². The molecular weight excluding hydrogens is 204 g/mol. The molecule has 1 aromatic carbocycles. The molecule has 0 bridgehead atoms. The van der Waals surface area contributed by atoms with Gasteiger partial charge in [0.25, 0.3) is 5.91 Å². The third-order valence-corrected chi connectivity index (χ3v) is 2.73. The first kappa shape index (κ1) is 10.8. The minimum atomic E-state index is 0.00282. The lowest BCUT2D eigenvalue weighted by atomic mass is 10.1. The zero-order valence-electron chi connectivity index (χ0n) is 9.62. The maximum atomic E-state index is 12.1. The van der Waals surface area contributed by atoms with Crippen LogP contribution >= 0.6 is 0 Å². The Kier molecular flexibility index (Phi) is 2.99. The number of anilines is 1. The normalized spacial score (nSPS) is 13.4. The average molecular weight is 220 g/mol. The van der Waals surface area contributed by atoms with Gasteiger partial charge in [-0.25, -0.2) is 0 Å². The van der Waals surface area contributed by atoms with E-state index in [0.29, 0.717) is 24.5 Å². The van der Waals surface area contributed by atoms with Crippen LogP contribution < -0.4 is 10.1 Å². The first-order valence-electron chi connectivity index (χ1n) is 5.49. The zero-order chi connectivity index (χ0) is 11.5. The minimum Gasteiger partial charge on any atom is -0.489 e. The number of nitrogens with zero attached hydrogens (tertiary/aromatic N) is 1. The van der Waals surface area contributed by atoms with Gasteiger partial charge in [-0.3, -0.25) is 4.79 Å². The first-order chi connectivity index (χ1) is 7.74. The van der Waals surface area contributed by atoms with E-state index >= 15 is 0 Å². The Hall–Kier alpha value is -1.71. The molecule has 1 amide bonds. The van der Waals surface area contributed by atoms with Crippen molar-refractivity contribution in [2.24, 2.45) is 0 Å². The van der Waals surface area contributed by atoms with E-state index in [1.54, 1.807) is 18.0 Å². The molecule has 1 aliphatic rings. The van der Waals surface area contributed by atoms with E-state index in [0.717, 1.165) is 12.2 Å². The van der Waals surface area contributed by atoms with Crippen LogP contribution in [-0.2, 0) is 0 Å². The monoisotopic (exact) mass is 220 g/mol. The van der Waals surface area contributed by atoms with Crippen LogP contribution in [0.2, 0.25) is 0 Å². The zero-order valence-corrected chi connectivity index (χ0v) is 9.62. The maximum Gasteiger partial charge on any atom is 0.257 e. The molecule has 1 N–H and O–H groups in total. The van der Waals surface area contributed by atoms with Crippen molar-refractivity contribution < 1.29 is 9.53 Å². The van der Waals surface area contributed by atoms with Gasteiger partial charge in [0.15, 0.2) is 5.75 Å². The predicted molar refractivity (Wildman–Crippen MR) is 63.1 cm³/mol. The van der Waals surface area contributed by atoms with E-state index in [1.165, 1.54) is 0 Å². The smallest absolute Gasteiger partial charge is 0.257 e. The van der Waals surface area contributed by atoms with Gasteiger partial charge in [0.05, 0.1) is 11.3 Å². The lowest BCUT2D eigenvalue weighted by Gasteiger charge is -2.23. The Morgan fingerprint density at radius 3 is 3.12 bits per heavy atom. The molecule has 0 aromatic heterocycles. The van der Waals surface area contributed by atoms with Crippen molar-refractivity contribution in [2.75, 3.05) is 32.1 Å². The van der Waals surface area contributed by atoms with Gasteiger partial charge in [0.1, 0.15) is 6.61 Å². The number of carbonyl (C=O) groups is 1. The number of nitrogens with one attached hydrogen (secondary N) is 1. The Balaban J connectivity index is 2.37. The van der Waals surface area contributed by atoms with Gasteiger partial charge in [-0.15, -0.1) is 0 Å². The van der Waals surface area contributed by atoms with Gasteiger partial charge >= 0.3 is 0 Å². The van der Waals surface area contributed by atoms with Crippen molar-refractivity contribution in [3.8, 4) is 5.75 Å². The van der Waals surface area contributed by atoms with Crippen molar-refractivity contribution in [2.45, 2.75) is 6.92 Å².